The highest BCUT2D eigenvalue weighted by Crippen LogP contribution is 2.35. The molecular formula is C28H24Cl2N2O3S. The van der Waals surface area contributed by atoms with Gasteiger partial charge in [-0.2, -0.15) is 0 Å². The number of benzene rings is 4. The van der Waals surface area contributed by atoms with Crippen LogP contribution >= 0.6 is 23.2 Å². The van der Waals surface area contributed by atoms with E-state index in [0.29, 0.717) is 0 Å². The van der Waals surface area contributed by atoms with Crippen molar-refractivity contribution in [2.45, 2.75) is 17.9 Å². The van der Waals surface area contributed by atoms with Crippen molar-refractivity contribution < 1.29 is 13.2 Å². The van der Waals surface area contributed by atoms with E-state index in [1.807, 2.05) is 61.5 Å². The van der Waals surface area contributed by atoms with Gasteiger partial charge in [0.15, 0.2) is 0 Å². The third-order valence-electron chi connectivity index (χ3n) is 5.67. The van der Waals surface area contributed by atoms with Crippen LogP contribution in [-0.4, -0.2) is 20.9 Å². The van der Waals surface area contributed by atoms with E-state index in [1.54, 1.807) is 30.3 Å². The number of hydrogen-bond acceptors (Lipinski definition) is 3. The molecule has 0 bridgehead atoms. The maximum atomic E-state index is 13.6. The van der Waals surface area contributed by atoms with Crippen molar-refractivity contribution in [3.05, 3.63) is 130 Å². The summed E-state index contributed by atoms with van der Waals surface area (Å²) in [6.45, 7) is 1.49. The van der Waals surface area contributed by atoms with E-state index in [0.717, 1.165) is 21.0 Å². The molecule has 4 aromatic rings. The normalized spacial score (nSPS) is 12.1. The molecule has 36 heavy (non-hydrogen) atoms. The first-order valence-electron chi connectivity index (χ1n) is 11.2. The number of hydrogen-bond donors (Lipinski definition) is 1. The minimum Gasteiger partial charge on any atom is -0.344 e. The fraction of sp³-hybridized carbons (Fsp3) is 0.107. The number of nitrogens with one attached hydrogen (secondary N) is 1. The minimum atomic E-state index is -4.13. The minimum absolute atomic E-state index is 0.0342. The predicted molar refractivity (Wildman–Crippen MR) is 145 cm³/mol. The molecule has 5 nitrogen and oxygen atoms in total. The summed E-state index contributed by atoms with van der Waals surface area (Å²) >= 11 is 12.6. The monoisotopic (exact) mass is 538 g/mol. The zero-order chi connectivity index (χ0) is 25.7. The van der Waals surface area contributed by atoms with Crippen LogP contribution in [0.3, 0.4) is 0 Å². The molecule has 0 saturated carbocycles. The van der Waals surface area contributed by atoms with E-state index >= 15 is 0 Å². The maximum Gasteiger partial charge on any atom is 0.264 e. The Morgan fingerprint density at radius 3 is 2.03 bits per heavy atom. The molecule has 0 spiro atoms. The van der Waals surface area contributed by atoms with E-state index in [2.05, 4.69) is 5.32 Å². The van der Waals surface area contributed by atoms with Crippen LogP contribution in [0.5, 0.6) is 0 Å². The molecule has 0 fully saturated rings. The van der Waals surface area contributed by atoms with Crippen LogP contribution < -0.4 is 9.62 Å². The van der Waals surface area contributed by atoms with Crippen molar-refractivity contribution in [2.24, 2.45) is 0 Å². The van der Waals surface area contributed by atoms with Gasteiger partial charge in [-0.05, 0) is 42.3 Å². The van der Waals surface area contributed by atoms with Crippen LogP contribution in [0.25, 0.3) is 0 Å². The van der Waals surface area contributed by atoms with Gasteiger partial charge in [0.05, 0.1) is 26.7 Å². The lowest BCUT2D eigenvalue weighted by molar-refractivity contribution is -0.120. The molecule has 1 amide bonds. The fourth-order valence-electron chi connectivity index (χ4n) is 3.80. The quantitative estimate of drug-likeness (QED) is 0.282. The highest BCUT2D eigenvalue weighted by molar-refractivity contribution is 7.92. The second kappa shape index (κ2) is 11.2. The molecule has 0 aromatic heterocycles. The van der Waals surface area contributed by atoms with Gasteiger partial charge in [-0.15, -0.1) is 0 Å². The molecule has 0 unspecified atom stereocenters. The van der Waals surface area contributed by atoms with Gasteiger partial charge in [0.1, 0.15) is 6.54 Å². The zero-order valence-electron chi connectivity index (χ0n) is 19.4. The van der Waals surface area contributed by atoms with Gasteiger partial charge in [0.2, 0.25) is 5.91 Å². The zero-order valence-corrected chi connectivity index (χ0v) is 21.8. The van der Waals surface area contributed by atoms with Gasteiger partial charge < -0.3 is 5.32 Å². The second-order valence-corrected chi connectivity index (χ2v) is 10.9. The third-order valence-corrected chi connectivity index (χ3v) is 8.25. The van der Waals surface area contributed by atoms with Crippen LogP contribution in [0.2, 0.25) is 10.0 Å². The summed E-state index contributed by atoms with van der Waals surface area (Å²) in [4.78, 5) is 13.5. The first kappa shape index (κ1) is 25.8. The van der Waals surface area contributed by atoms with Gasteiger partial charge in [0, 0.05) is 0 Å². The van der Waals surface area contributed by atoms with E-state index in [4.69, 9.17) is 23.2 Å². The lowest BCUT2D eigenvalue weighted by atomic mass is 9.98. The lowest BCUT2D eigenvalue weighted by Gasteiger charge is -2.27. The molecule has 0 aliphatic rings. The summed E-state index contributed by atoms with van der Waals surface area (Å²) in [7, 11) is -4.13. The van der Waals surface area contributed by atoms with Crippen LogP contribution in [0.15, 0.2) is 108 Å². The van der Waals surface area contributed by atoms with Crippen molar-refractivity contribution in [2.75, 3.05) is 10.8 Å². The number of amides is 1. The number of anilines is 1. The van der Waals surface area contributed by atoms with Gasteiger partial charge in [-0.3, -0.25) is 9.10 Å². The van der Waals surface area contributed by atoms with Gasteiger partial charge in [0.25, 0.3) is 10.0 Å². The molecule has 4 rings (SSSR count). The molecule has 0 aliphatic carbocycles. The Balaban J connectivity index is 1.71. The fourth-order valence-corrected chi connectivity index (χ4v) is 5.71. The first-order valence-corrected chi connectivity index (χ1v) is 13.4. The molecule has 1 atom stereocenters. The molecule has 0 heterocycles. The average Bonchev–Trinajstić information content (AvgIpc) is 2.89. The third kappa shape index (κ3) is 5.73. The summed E-state index contributed by atoms with van der Waals surface area (Å²) in [6, 6.07) is 29.4. The standard InChI is InChI=1S/C28H24Cl2N2O3S/c1-20-15-17-22(18-16-20)28(21-9-4-2-5-10-21)31-26(33)19-32(25-14-8-13-24(29)27(25)30)36(34,35)23-11-6-3-7-12-23/h2-18,28H,19H2,1H3,(H,31,33)/t28-/m1/s1. The Morgan fingerprint density at radius 2 is 1.39 bits per heavy atom. The topological polar surface area (TPSA) is 66.5 Å². The maximum absolute atomic E-state index is 13.6. The number of sulfonamides is 1. The predicted octanol–water partition coefficient (Wildman–Crippen LogP) is 6.40. The molecule has 0 aliphatic heterocycles. The molecular weight excluding hydrogens is 515 g/mol. The van der Waals surface area contributed by atoms with Crippen LogP contribution in [0.1, 0.15) is 22.7 Å². The Hall–Kier alpha value is -3.32. The molecule has 1 N–H and O–H groups in total. The molecule has 4 aromatic carbocycles. The van der Waals surface area contributed by atoms with E-state index < -0.39 is 28.5 Å². The number of aryl methyl sites for hydroxylation is 1. The number of halogens is 2. The number of nitrogens with zero attached hydrogens (tertiary/aromatic N) is 1. The second-order valence-electron chi connectivity index (χ2n) is 8.22. The summed E-state index contributed by atoms with van der Waals surface area (Å²) in [6.07, 6.45) is 0. The highest BCUT2D eigenvalue weighted by Gasteiger charge is 2.30. The van der Waals surface area contributed by atoms with Crippen molar-refractivity contribution in [3.63, 3.8) is 0 Å². The van der Waals surface area contributed by atoms with Crippen LogP contribution in [0, 0.1) is 6.92 Å². The summed E-state index contributed by atoms with van der Waals surface area (Å²) in [5, 5.41) is 3.24. The number of carbonyl (C=O) groups is 1. The van der Waals surface area contributed by atoms with Gasteiger partial charge >= 0.3 is 0 Å². The van der Waals surface area contributed by atoms with Crippen molar-refractivity contribution in [3.8, 4) is 0 Å². The Morgan fingerprint density at radius 1 is 0.806 bits per heavy atom. The molecule has 0 saturated heterocycles. The Kier molecular flexibility index (Phi) is 7.99. The SMILES string of the molecule is Cc1ccc([C@H](NC(=O)CN(c2cccc(Cl)c2Cl)S(=O)(=O)c2ccccc2)c2ccccc2)cc1. The summed E-state index contributed by atoms with van der Waals surface area (Å²) < 4.78 is 28.3. The number of carbonyl (C=O) groups excluding carboxylic acids is 1. The Labute approximate surface area is 221 Å². The van der Waals surface area contributed by atoms with Crippen molar-refractivity contribution >= 4 is 44.8 Å². The highest BCUT2D eigenvalue weighted by atomic mass is 35.5. The number of rotatable bonds is 8. The van der Waals surface area contributed by atoms with Gasteiger partial charge in [-0.25, -0.2) is 8.42 Å². The van der Waals surface area contributed by atoms with E-state index in [1.165, 1.54) is 18.2 Å². The molecule has 8 heteroatoms. The van der Waals surface area contributed by atoms with Crippen molar-refractivity contribution in [1.29, 1.82) is 0 Å². The van der Waals surface area contributed by atoms with E-state index in [-0.39, 0.29) is 20.6 Å². The Bertz CT molecular complexity index is 1450. The smallest absolute Gasteiger partial charge is 0.264 e. The van der Waals surface area contributed by atoms with Crippen LogP contribution in [0.4, 0.5) is 5.69 Å². The largest absolute Gasteiger partial charge is 0.344 e. The van der Waals surface area contributed by atoms with Crippen LogP contribution in [-0.2, 0) is 14.8 Å². The van der Waals surface area contributed by atoms with Gasteiger partial charge in [-0.1, -0.05) is 108 Å². The van der Waals surface area contributed by atoms with E-state index in [9.17, 15) is 13.2 Å². The summed E-state index contributed by atoms with van der Waals surface area (Å²) in [5.74, 6) is -0.500. The van der Waals surface area contributed by atoms with Crippen molar-refractivity contribution in [1.82, 2.24) is 5.32 Å². The first-order chi connectivity index (χ1) is 17.3. The molecule has 0 radical (unpaired) electrons. The molecule has 184 valence electrons. The lowest BCUT2D eigenvalue weighted by Crippen LogP contribution is -2.42. The average molecular weight is 539 g/mol. The summed E-state index contributed by atoms with van der Waals surface area (Å²) in [5.41, 5.74) is 2.95.